The number of piperazine rings is 1. The Labute approximate surface area is 187 Å². The van der Waals surface area contributed by atoms with Crippen LogP contribution in [-0.2, 0) is 9.53 Å². The van der Waals surface area contributed by atoms with Gasteiger partial charge in [0.1, 0.15) is 5.82 Å². The Morgan fingerprint density at radius 3 is 2.19 bits per heavy atom. The Morgan fingerprint density at radius 2 is 1.62 bits per heavy atom. The molecule has 2 aromatic rings. The molecular weight excluding hydrogens is 445 g/mol. The van der Waals surface area contributed by atoms with Crippen LogP contribution in [0.4, 0.5) is 18.9 Å². The highest BCUT2D eigenvalue weighted by Gasteiger charge is 2.24. The Hall–Kier alpha value is -3.01. The highest BCUT2D eigenvalue weighted by atomic mass is 32.2. The number of anilines is 1. The van der Waals surface area contributed by atoms with Crippen LogP contribution in [0.1, 0.15) is 27.6 Å². The van der Waals surface area contributed by atoms with Gasteiger partial charge in [0.2, 0.25) is 0 Å². The van der Waals surface area contributed by atoms with Crippen molar-refractivity contribution in [1.29, 1.82) is 0 Å². The number of alkyl halides is 2. The summed E-state index contributed by atoms with van der Waals surface area (Å²) in [5.41, 5.74) is 0.817. The molecule has 1 aliphatic heterocycles. The van der Waals surface area contributed by atoms with E-state index in [0.717, 1.165) is 0 Å². The molecule has 2 aromatic carbocycles. The molecule has 1 aliphatic rings. The van der Waals surface area contributed by atoms with E-state index in [9.17, 15) is 27.6 Å². The third-order valence-electron chi connectivity index (χ3n) is 4.97. The second kappa shape index (κ2) is 10.5. The average molecular weight is 466 g/mol. The van der Waals surface area contributed by atoms with Crippen LogP contribution in [0.3, 0.4) is 0 Å². The molecule has 0 bridgehead atoms. The van der Waals surface area contributed by atoms with Crippen LogP contribution >= 0.6 is 11.8 Å². The number of ether oxygens (including phenoxy) is 1. The van der Waals surface area contributed by atoms with Gasteiger partial charge in [-0.05, 0) is 49.4 Å². The van der Waals surface area contributed by atoms with E-state index < -0.39 is 24.2 Å². The third-order valence-corrected chi connectivity index (χ3v) is 5.69. The minimum Gasteiger partial charge on any atom is -0.452 e. The van der Waals surface area contributed by atoms with Crippen LogP contribution in [0.5, 0.6) is 0 Å². The first kappa shape index (κ1) is 23.6. The molecule has 0 atom stereocenters. The van der Waals surface area contributed by atoms with Gasteiger partial charge in [-0.25, -0.2) is 9.18 Å². The molecular formula is C22H21F3N2O4S. The highest BCUT2D eigenvalue weighted by Crippen LogP contribution is 2.25. The van der Waals surface area contributed by atoms with E-state index in [4.69, 9.17) is 4.74 Å². The van der Waals surface area contributed by atoms with E-state index in [1.165, 1.54) is 42.2 Å². The van der Waals surface area contributed by atoms with E-state index in [1.54, 1.807) is 17.0 Å². The summed E-state index contributed by atoms with van der Waals surface area (Å²) in [7, 11) is 0. The highest BCUT2D eigenvalue weighted by molar-refractivity contribution is 7.99. The number of carbonyl (C=O) groups excluding carboxylic acids is 3. The van der Waals surface area contributed by atoms with Gasteiger partial charge in [0.05, 0.1) is 11.3 Å². The normalized spacial score (nSPS) is 13.9. The number of halogens is 3. The molecule has 0 saturated carbocycles. The average Bonchev–Trinajstić information content (AvgIpc) is 2.77. The quantitative estimate of drug-likeness (QED) is 0.351. The Morgan fingerprint density at radius 1 is 1.00 bits per heavy atom. The Bertz CT molecular complexity index is 993. The van der Waals surface area contributed by atoms with Gasteiger partial charge in [0.25, 0.3) is 11.7 Å². The molecule has 1 fully saturated rings. The van der Waals surface area contributed by atoms with Crippen molar-refractivity contribution in [2.75, 3.05) is 37.7 Å². The maximum atomic E-state index is 14.3. The zero-order valence-electron chi connectivity index (χ0n) is 17.2. The zero-order valence-corrected chi connectivity index (χ0v) is 18.0. The summed E-state index contributed by atoms with van der Waals surface area (Å²) in [4.78, 5) is 39.5. The SMILES string of the molecule is CC(=O)c1ccc(N2CCN(C(=O)COC(=O)c3ccc(SC(F)F)cc3)CC2)c(F)c1. The molecule has 0 aromatic heterocycles. The standard InChI is InChI=1S/C22H21F3N2O4S/c1-14(28)16-4-7-19(18(23)12-16)26-8-10-27(11-9-26)20(29)13-31-21(30)15-2-5-17(6-3-15)32-22(24)25/h2-7,12,22H,8-11,13H2,1H3. The maximum absolute atomic E-state index is 14.3. The van der Waals surface area contributed by atoms with Crippen molar-refractivity contribution in [2.24, 2.45) is 0 Å². The monoisotopic (exact) mass is 466 g/mol. The molecule has 10 heteroatoms. The first-order valence-electron chi connectivity index (χ1n) is 9.80. The maximum Gasteiger partial charge on any atom is 0.338 e. The van der Waals surface area contributed by atoms with Crippen LogP contribution in [0.25, 0.3) is 0 Å². The number of esters is 1. The molecule has 3 rings (SSSR count). The number of amides is 1. The molecule has 0 radical (unpaired) electrons. The predicted molar refractivity (Wildman–Crippen MR) is 114 cm³/mol. The molecule has 0 N–H and O–H groups in total. The molecule has 0 unspecified atom stereocenters. The molecule has 170 valence electrons. The van der Waals surface area contributed by atoms with Crippen LogP contribution in [0, 0.1) is 5.82 Å². The second-order valence-electron chi connectivity index (χ2n) is 7.07. The molecule has 32 heavy (non-hydrogen) atoms. The predicted octanol–water partition coefficient (Wildman–Crippen LogP) is 3.85. The first-order valence-corrected chi connectivity index (χ1v) is 10.7. The fourth-order valence-corrected chi connectivity index (χ4v) is 3.75. The Kier molecular flexibility index (Phi) is 7.79. The number of hydrogen-bond donors (Lipinski definition) is 0. The molecule has 1 amide bonds. The van der Waals surface area contributed by atoms with Crippen LogP contribution in [0.2, 0.25) is 0 Å². The number of ketones is 1. The topological polar surface area (TPSA) is 66.9 Å². The summed E-state index contributed by atoms with van der Waals surface area (Å²) in [6, 6.07) is 9.82. The summed E-state index contributed by atoms with van der Waals surface area (Å²) in [5.74, 6) is -4.37. The zero-order chi connectivity index (χ0) is 23.3. The van der Waals surface area contributed by atoms with Crippen LogP contribution in [-0.4, -0.2) is 61.1 Å². The smallest absolute Gasteiger partial charge is 0.338 e. The first-order chi connectivity index (χ1) is 15.2. The summed E-state index contributed by atoms with van der Waals surface area (Å²) in [6.07, 6.45) is 0. The number of nitrogens with zero attached hydrogens (tertiary/aromatic N) is 2. The van der Waals surface area contributed by atoms with Crippen molar-refractivity contribution in [3.8, 4) is 0 Å². The lowest BCUT2D eigenvalue weighted by Gasteiger charge is -2.36. The van der Waals surface area contributed by atoms with E-state index in [-0.39, 0.29) is 17.3 Å². The van der Waals surface area contributed by atoms with Gasteiger partial charge in [-0.1, -0.05) is 11.8 Å². The fraction of sp³-hybridized carbons (Fsp3) is 0.318. The number of benzene rings is 2. The number of carbonyl (C=O) groups is 3. The van der Waals surface area contributed by atoms with Gasteiger partial charge in [-0.3, -0.25) is 9.59 Å². The van der Waals surface area contributed by atoms with Gasteiger partial charge >= 0.3 is 5.97 Å². The van der Waals surface area contributed by atoms with Crippen molar-refractivity contribution in [1.82, 2.24) is 4.90 Å². The van der Waals surface area contributed by atoms with E-state index in [1.807, 2.05) is 0 Å². The van der Waals surface area contributed by atoms with Gasteiger partial charge in [-0.15, -0.1) is 0 Å². The summed E-state index contributed by atoms with van der Waals surface area (Å²) < 4.78 is 44.1. The summed E-state index contributed by atoms with van der Waals surface area (Å²) >= 11 is 0.368. The van der Waals surface area contributed by atoms with Crippen molar-refractivity contribution in [3.05, 3.63) is 59.4 Å². The van der Waals surface area contributed by atoms with Gasteiger partial charge < -0.3 is 14.5 Å². The van der Waals surface area contributed by atoms with Gasteiger partial charge in [-0.2, -0.15) is 8.78 Å². The number of hydrogen-bond acceptors (Lipinski definition) is 6. The summed E-state index contributed by atoms with van der Waals surface area (Å²) in [6.45, 7) is 2.34. The number of Topliss-reactive ketones (excluding diaryl/α,β-unsaturated/α-hetero) is 1. The Balaban J connectivity index is 1.48. The molecule has 1 heterocycles. The van der Waals surface area contributed by atoms with E-state index in [2.05, 4.69) is 0 Å². The minimum atomic E-state index is -2.55. The van der Waals surface area contributed by atoms with E-state index in [0.29, 0.717) is 54.1 Å². The molecule has 0 aliphatic carbocycles. The lowest BCUT2D eigenvalue weighted by Crippen LogP contribution is -2.50. The van der Waals surface area contributed by atoms with Crippen molar-refractivity contribution in [3.63, 3.8) is 0 Å². The lowest BCUT2D eigenvalue weighted by molar-refractivity contribution is -0.134. The molecule has 1 saturated heterocycles. The van der Waals surface area contributed by atoms with E-state index >= 15 is 0 Å². The largest absolute Gasteiger partial charge is 0.452 e. The fourth-order valence-electron chi connectivity index (χ4n) is 3.25. The lowest BCUT2D eigenvalue weighted by atomic mass is 10.1. The minimum absolute atomic E-state index is 0.158. The second-order valence-corrected chi connectivity index (χ2v) is 8.13. The van der Waals surface area contributed by atoms with Crippen molar-refractivity contribution < 1.29 is 32.3 Å². The van der Waals surface area contributed by atoms with Crippen molar-refractivity contribution >= 4 is 35.1 Å². The van der Waals surface area contributed by atoms with Crippen LogP contribution < -0.4 is 4.90 Å². The van der Waals surface area contributed by atoms with Crippen molar-refractivity contribution in [2.45, 2.75) is 17.6 Å². The number of thioether (sulfide) groups is 1. The molecule has 6 nitrogen and oxygen atoms in total. The van der Waals surface area contributed by atoms with Crippen LogP contribution in [0.15, 0.2) is 47.4 Å². The van der Waals surface area contributed by atoms with Gasteiger partial charge in [0, 0.05) is 36.6 Å². The van der Waals surface area contributed by atoms with Gasteiger partial charge in [0.15, 0.2) is 12.4 Å². The molecule has 0 spiro atoms. The number of rotatable bonds is 7. The summed E-state index contributed by atoms with van der Waals surface area (Å²) in [5, 5.41) is 0. The third kappa shape index (κ3) is 6.03.